The number of pyridine rings is 2. The van der Waals surface area contributed by atoms with Crippen molar-refractivity contribution in [3.05, 3.63) is 54.0 Å². The number of nitrogens with one attached hydrogen (secondary N) is 2. The van der Waals surface area contributed by atoms with Gasteiger partial charge in [0.2, 0.25) is 11.8 Å². The molecule has 0 saturated heterocycles. The predicted molar refractivity (Wildman–Crippen MR) is 93.0 cm³/mol. The number of amides is 2. The minimum atomic E-state index is -0.274. The van der Waals surface area contributed by atoms with Crippen LogP contribution in [0.2, 0.25) is 0 Å². The molecule has 0 spiro atoms. The molecule has 0 atom stereocenters. The van der Waals surface area contributed by atoms with Crippen LogP contribution in [0.5, 0.6) is 5.88 Å². The molecule has 0 aliphatic heterocycles. The lowest BCUT2D eigenvalue weighted by atomic mass is 10.2. The normalized spacial score (nSPS) is 10.4. The first-order valence-corrected chi connectivity index (χ1v) is 8.11. The highest BCUT2D eigenvalue weighted by Crippen LogP contribution is 2.09. The fraction of sp³-hybridized carbons (Fsp3) is 0.333. The van der Waals surface area contributed by atoms with E-state index in [-0.39, 0.29) is 30.9 Å². The first-order chi connectivity index (χ1) is 12.0. The van der Waals surface area contributed by atoms with Gasteiger partial charge in [0.25, 0.3) is 5.91 Å². The van der Waals surface area contributed by atoms with Crippen LogP contribution < -0.4 is 15.4 Å². The molecule has 0 aliphatic rings. The average Bonchev–Trinajstić information content (AvgIpc) is 2.61. The zero-order chi connectivity index (χ0) is 18.1. The van der Waals surface area contributed by atoms with E-state index in [4.69, 9.17) is 4.74 Å². The number of nitrogens with zero attached hydrogens (tertiary/aromatic N) is 2. The third-order valence-electron chi connectivity index (χ3n) is 3.21. The molecular weight excluding hydrogens is 320 g/mol. The summed E-state index contributed by atoms with van der Waals surface area (Å²) in [7, 11) is 0. The van der Waals surface area contributed by atoms with Crippen molar-refractivity contribution in [3.8, 4) is 5.88 Å². The van der Waals surface area contributed by atoms with Gasteiger partial charge in [-0.25, -0.2) is 4.98 Å². The molecule has 2 amide bonds. The molecule has 0 bridgehead atoms. The lowest BCUT2D eigenvalue weighted by Crippen LogP contribution is -2.30. The van der Waals surface area contributed by atoms with Gasteiger partial charge in [-0.15, -0.1) is 0 Å². The number of aromatic nitrogens is 2. The van der Waals surface area contributed by atoms with Gasteiger partial charge in [0.15, 0.2) is 0 Å². The van der Waals surface area contributed by atoms with Gasteiger partial charge >= 0.3 is 0 Å². The van der Waals surface area contributed by atoms with Crippen molar-refractivity contribution in [1.82, 2.24) is 20.6 Å². The first-order valence-electron chi connectivity index (χ1n) is 8.11. The molecule has 0 saturated carbocycles. The Morgan fingerprint density at radius 1 is 1.16 bits per heavy atom. The van der Waals surface area contributed by atoms with Crippen molar-refractivity contribution in [3.63, 3.8) is 0 Å². The van der Waals surface area contributed by atoms with E-state index in [0.29, 0.717) is 18.0 Å². The highest BCUT2D eigenvalue weighted by atomic mass is 16.5. The Balaban J connectivity index is 1.70. The topological polar surface area (TPSA) is 93.2 Å². The zero-order valence-corrected chi connectivity index (χ0v) is 14.4. The van der Waals surface area contributed by atoms with Crippen molar-refractivity contribution in [2.75, 3.05) is 6.54 Å². The Kier molecular flexibility index (Phi) is 6.88. The van der Waals surface area contributed by atoms with Gasteiger partial charge in [-0.3, -0.25) is 14.6 Å². The number of ether oxygens (including phenoxy) is 1. The SMILES string of the molecule is CC(C)Oc1ccc(C(=O)NCCC(=O)NCc2cccnc2)cn1. The molecule has 2 heterocycles. The molecule has 7 heteroatoms. The van der Waals surface area contributed by atoms with E-state index < -0.39 is 0 Å². The van der Waals surface area contributed by atoms with Gasteiger partial charge in [0.05, 0.1) is 11.7 Å². The summed E-state index contributed by atoms with van der Waals surface area (Å²) in [4.78, 5) is 31.8. The molecule has 0 aliphatic carbocycles. The van der Waals surface area contributed by atoms with Gasteiger partial charge in [-0.05, 0) is 31.5 Å². The standard InChI is InChI=1S/C18H22N4O3/c1-13(2)25-17-6-5-15(12-22-17)18(24)20-9-7-16(23)21-11-14-4-3-8-19-10-14/h3-6,8,10,12-13H,7,9,11H2,1-2H3,(H,20,24)(H,21,23). The van der Waals surface area contributed by atoms with Crippen LogP contribution in [0.15, 0.2) is 42.9 Å². The van der Waals surface area contributed by atoms with Crippen LogP contribution in [0.25, 0.3) is 0 Å². The van der Waals surface area contributed by atoms with Crippen molar-refractivity contribution >= 4 is 11.8 Å². The van der Waals surface area contributed by atoms with Crippen molar-refractivity contribution in [2.45, 2.75) is 32.9 Å². The second-order valence-electron chi connectivity index (χ2n) is 5.70. The molecule has 0 aromatic carbocycles. The van der Waals surface area contributed by atoms with E-state index in [1.54, 1.807) is 24.5 Å². The van der Waals surface area contributed by atoms with E-state index in [0.717, 1.165) is 5.56 Å². The van der Waals surface area contributed by atoms with Gasteiger partial charge in [0.1, 0.15) is 0 Å². The van der Waals surface area contributed by atoms with Gasteiger partial charge in [-0.1, -0.05) is 6.07 Å². The zero-order valence-electron chi connectivity index (χ0n) is 14.4. The lowest BCUT2D eigenvalue weighted by molar-refractivity contribution is -0.121. The second kappa shape index (κ2) is 9.36. The Labute approximate surface area is 146 Å². The molecule has 0 radical (unpaired) electrons. The minimum absolute atomic E-state index is 0.0253. The maximum atomic E-state index is 12.0. The fourth-order valence-electron chi connectivity index (χ4n) is 2.01. The summed E-state index contributed by atoms with van der Waals surface area (Å²) in [5.74, 6) is 0.0629. The van der Waals surface area contributed by atoms with Crippen molar-refractivity contribution in [1.29, 1.82) is 0 Å². The molecule has 132 valence electrons. The van der Waals surface area contributed by atoms with Gasteiger partial charge in [0, 0.05) is 44.2 Å². The van der Waals surface area contributed by atoms with Crippen LogP contribution in [0.1, 0.15) is 36.2 Å². The minimum Gasteiger partial charge on any atom is -0.475 e. The highest BCUT2D eigenvalue weighted by Gasteiger charge is 2.08. The van der Waals surface area contributed by atoms with Gasteiger partial charge in [-0.2, -0.15) is 0 Å². The number of carbonyl (C=O) groups is 2. The quantitative estimate of drug-likeness (QED) is 0.762. The molecule has 25 heavy (non-hydrogen) atoms. The van der Waals surface area contributed by atoms with E-state index in [2.05, 4.69) is 20.6 Å². The fourth-order valence-corrected chi connectivity index (χ4v) is 2.01. The Hall–Kier alpha value is -2.96. The number of rotatable bonds is 8. The summed E-state index contributed by atoms with van der Waals surface area (Å²) in [5.41, 5.74) is 1.35. The smallest absolute Gasteiger partial charge is 0.252 e. The highest BCUT2D eigenvalue weighted by molar-refractivity contribution is 5.94. The van der Waals surface area contributed by atoms with Crippen LogP contribution >= 0.6 is 0 Å². The number of hydrogen-bond donors (Lipinski definition) is 2. The molecule has 0 fully saturated rings. The third kappa shape index (κ3) is 6.58. The molecule has 2 aromatic rings. The Morgan fingerprint density at radius 2 is 2.00 bits per heavy atom. The maximum absolute atomic E-state index is 12.0. The summed E-state index contributed by atoms with van der Waals surface area (Å²) >= 11 is 0. The third-order valence-corrected chi connectivity index (χ3v) is 3.21. The van der Waals surface area contributed by atoms with E-state index in [1.165, 1.54) is 6.20 Å². The first kappa shape index (κ1) is 18.4. The molecule has 7 nitrogen and oxygen atoms in total. The molecule has 2 rings (SSSR count). The van der Waals surface area contributed by atoms with Crippen LogP contribution in [0.3, 0.4) is 0 Å². The molecule has 0 unspecified atom stereocenters. The largest absolute Gasteiger partial charge is 0.475 e. The maximum Gasteiger partial charge on any atom is 0.252 e. The molecular formula is C18H22N4O3. The summed E-state index contributed by atoms with van der Waals surface area (Å²) in [6.45, 7) is 4.48. The van der Waals surface area contributed by atoms with Crippen LogP contribution in [0, 0.1) is 0 Å². The van der Waals surface area contributed by atoms with Gasteiger partial charge < -0.3 is 15.4 Å². The van der Waals surface area contributed by atoms with Crippen molar-refractivity contribution in [2.24, 2.45) is 0 Å². The number of hydrogen-bond acceptors (Lipinski definition) is 5. The summed E-state index contributed by atoms with van der Waals surface area (Å²) in [6.07, 6.45) is 5.06. The van der Waals surface area contributed by atoms with Crippen LogP contribution in [0.4, 0.5) is 0 Å². The molecule has 2 aromatic heterocycles. The number of carbonyl (C=O) groups excluding carboxylic acids is 2. The Morgan fingerprint density at radius 3 is 2.64 bits per heavy atom. The van der Waals surface area contributed by atoms with Crippen molar-refractivity contribution < 1.29 is 14.3 Å². The average molecular weight is 342 g/mol. The van der Waals surface area contributed by atoms with E-state index in [1.807, 2.05) is 26.0 Å². The van der Waals surface area contributed by atoms with E-state index >= 15 is 0 Å². The summed E-state index contributed by atoms with van der Waals surface area (Å²) in [5, 5.41) is 5.47. The summed E-state index contributed by atoms with van der Waals surface area (Å²) in [6, 6.07) is 6.99. The second-order valence-corrected chi connectivity index (χ2v) is 5.70. The Bertz CT molecular complexity index is 687. The lowest BCUT2D eigenvalue weighted by Gasteiger charge is -2.09. The van der Waals surface area contributed by atoms with E-state index in [9.17, 15) is 9.59 Å². The predicted octanol–water partition coefficient (Wildman–Crippen LogP) is 1.70. The monoisotopic (exact) mass is 342 g/mol. The van der Waals surface area contributed by atoms with Crippen LogP contribution in [-0.2, 0) is 11.3 Å². The summed E-state index contributed by atoms with van der Waals surface area (Å²) < 4.78 is 5.42. The molecule has 2 N–H and O–H groups in total. The van der Waals surface area contributed by atoms with Crippen LogP contribution in [-0.4, -0.2) is 34.4 Å².